The van der Waals surface area contributed by atoms with Crippen molar-refractivity contribution in [2.45, 2.75) is 32.6 Å². The summed E-state index contributed by atoms with van der Waals surface area (Å²) in [6.45, 7) is 2.79. The molecule has 2 N–H and O–H groups in total. The molecule has 0 bridgehead atoms. The largest absolute Gasteiger partial charge is 0.466 e. The Hall–Kier alpha value is -1.88. The molecule has 2 rings (SSSR count). The number of fused-ring (bicyclic) bond motifs is 1. The van der Waals surface area contributed by atoms with Gasteiger partial charge in [-0.2, -0.15) is 0 Å². The first-order valence-corrected chi connectivity index (χ1v) is 7.47. The predicted molar refractivity (Wildman–Crippen MR) is 81.2 cm³/mol. The lowest BCUT2D eigenvalue weighted by Crippen LogP contribution is -2.30. The first-order valence-electron chi connectivity index (χ1n) is 7.47. The molecule has 0 aromatic heterocycles. The topological polar surface area (TPSA) is 67.4 Å². The van der Waals surface area contributed by atoms with Crippen LogP contribution in [0.4, 0.5) is 5.69 Å². The van der Waals surface area contributed by atoms with Crippen LogP contribution in [0.5, 0.6) is 0 Å². The second-order valence-corrected chi connectivity index (χ2v) is 5.12. The predicted octanol–water partition coefficient (Wildman–Crippen LogP) is 1.66. The van der Waals surface area contributed by atoms with E-state index in [-0.39, 0.29) is 24.8 Å². The van der Waals surface area contributed by atoms with Gasteiger partial charge in [-0.25, -0.2) is 0 Å². The van der Waals surface area contributed by atoms with Crippen LogP contribution in [-0.2, 0) is 27.2 Å². The summed E-state index contributed by atoms with van der Waals surface area (Å²) >= 11 is 0. The van der Waals surface area contributed by atoms with Gasteiger partial charge in [0.1, 0.15) is 0 Å². The highest BCUT2D eigenvalue weighted by atomic mass is 16.5. The molecule has 0 spiro atoms. The number of ether oxygens (including phenoxy) is 1. The lowest BCUT2D eigenvalue weighted by atomic mass is 10.1. The van der Waals surface area contributed by atoms with Gasteiger partial charge in [-0.3, -0.25) is 9.59 Å². The van der Waals surface area contributed by atoms with Gasteiger partial charge in [-0.15, -0.1) is 0 Å². The Morgan fingerprint density at radius 2 is 2.05 bits per heavy atom. The van der Waals surface area contributed by atoms with E-state index in [0.717, 1.165) is 18.5 Å². The summed E-state index contributed by atoms with van der Waals surface area (Å²) in [5.41, 5.74) is 3.57. The molecule has 1 aliphatic carbocycles. The van der Waals surface area contributed by atoms with Gasteiger partial charge in [0.15, 0.2) is 0 Å². The summed E-state index contributed by atoms with van der Waals surface area (Å²) < 4.78 is 4.81. The van der Waals surface area contributed by atoms with Crippen LogP contribution in [0.25, 0.3) is 0 Å². The molecule has 1 amide bonds. The average molecular weight is 290 g/mol. The number of nitrogens with one attached hydrogen (secondary N) is 2. The van der Waals surface area contributed by atoms with Crippen molar-refractivity contribution in [3.63, 3.8) is 0 Å². The maximum Gasteiger partial charge on any atom is 0.307 e. The maximum absolute atomic E-state index is 11.8. The van der Waals surface area contributed by atoms with E-state index in [2.05, 4.69) is 22.8 Å². The molecule has 114 valence electrons. The molecule has 0 atom stereocenters. The van der Waals surface area contributed by atoms with Crippen LogP contribution in [0.1, 0.15) is 30.9 Å². The fraction of sp³-hybridized carbons (Fsp3) is 0.500. The van der Waals surface area contributed by atoms with Crippen LogP contribution in [0, 0.1) is 0 Å². The van der Waals surface area contributed by atoms with E-state index < -0.39 is 0 Å². The number of aryl methyl sites for hydroxylation is 2. The van der Waals surface area contributed by atoms with E-state index in [1.807, 2.05) is 6.07 Å². The number of benzene rings is 1. The molecule has 0 saturated carbocycles. The Morgan fingerprint density at radius 3 is 2.86 bits per heavy atom. The maximum atomic E-state index is 11.8. The Labute approximate surface area is 125 Å². The highest BCUT2D eigenvalue weighted by molar-refractivity contribution is 5.92. The van der Waals surface area contributed by atoms with Crippen LogP contribution >= 0.6 is 0 Å². The van der Waals surface area contributed by atoms with Crippen molar-refractivity contribution in [2.24, 2.45) is 0 Å². The van der Waals surface area contributed by atoms with Gasteiger partial charge in [-0.1, -0.05) is 6.07 Å². The lowest BCUT2D eigenvalue weighted by Gasteiger charge is -2.08. The zero-order valence-corrected chi connectivity index (χ0v) is 12.4. The van der Waals surface area contributed by atoms with Crippen molar-refractivity contribution in [2.75, 3.05) is 25.0 Å². The van der Waals surface area contributed by atoms with Crippen molar-refractivity contribution < 1.29 is 14.3 Å². The molecule has 21 heavy (non-hydrogen) atoms. The molecule has 1 aromatic rings. The summed E-state index contributed by atoms with van der Waals surface area (Å²) in [5, 5.41) is 5.80. The third-order valence-corrected chi connectivity index (χ3v) is 3.48. The second-order valence-electron chi connectivity index (χ2n) is 5.12. The number of rotatable bonds is 7. The van der Waals surface area contributed by atoms with Crippen LogP contribution < -0.4 is 10.6 Å². The third-order valence-electron chi connectivity index (χ3n) is 3.48. The first kappa shape index (κ1) is 15.5. The smallest absolute Gasteiger partial charge is 0.307 e. The molecule has 5 nitrogen and oxygen atoms in total. The summed E-state index contributed by atoms with van der Waals surface area (Å²) in [4.78, 5) is 22.9. The van der Waals surface area contributed by atoms with E-state index in [1.165, 1.54) is 17.5 Å². The molecule has 0 saturated heterocycles. The van der Waals surface area contributed by atoms with Crippen molar-refractivity contribution in [1.82, 2.24) is 5.32 Å². The number of carbonyl (C=O) groups excluding carboxylic acids is 2. The van der Waals surface area contributed by atoms with E-state index in [0.29, 0.717) is 13.2 Å². The number of carbonyl (C=O) groups is 2. The Kier molecular flexibility index (Phi) is 5.75. The molecular formula is C16H22N2O3. The quantitative estimate of drug-likeness (QED) is 0.592. The number of hydrogen-bond donors (Lipinski definition) is 2. The van der Waals surface area contributed by atoms with Crippen molar-refractivity contribution in [1.29, 1.82) is 0 Å². The van der Waals surface area contributed by atoms with Crippen LogP contribution in [-0.4, -0.2) is 31.6 Å². The Morgan fingerprint density at radius 1 is 1.24 bits per heavy atom. The fourth-order valence-electron chi connectivity index (χ4n) is 2.48. The number of amides is 1. The minimum Gasteiger partial charge on any atom is -0.466 e. The highest BCUT2D eigenvalue weighted by Crippen LogP contribution is 2.24. The molecule has 0 heterocycles. The fourth-order valence-corrected chi connectivity index (χ4v) is 2.48. The zero-order valence-electron chi connectivity index (χ0n) is 12.4. The highest BCUT2D eigenvalue weighted by Gasteiger charge is 2.11. The summed E-state index contributed by atoms with van der Waals surface area (Å²) in [6.07, 6.45) is 3.71. The van der Waals surface area contributed by atoms with Crippen molar-refractivity contribution in [3.8, 4) is 0 Å². The zero-order chi connectivity index (χ0) is 15.1. The molecule has 5 heteroatoms. The number of hydrogen-bond acceptors (Lipinski definition) is 4. The lowest BCUT2D eigenvalue weighted by molar-refractivity contribution is -0.143. The van der Waals surface area contributed by atoms with Gasteiger partial charge in [0.05, 0.1) is 19.6 Å². The molecule has 0 unspecified atom stereocenters. The van der Waals surface area contributed by atoms with E-state index >= 15 is 0 Å². The van der Waals surface area contributed by atoms with Crippen LogP contribution in [0.2, 0.25) is 0 Å². The SMILES string of the molecule is CCOC(=O)CCNCC(=O)Nc1ccc2c(c1)CCC2. The number of esters is 1. The van der Waals surface area contributed by atoms with Crippen LogP contribution in [0.3, 0.4) is 0 Å². The van der Waals surface area contributed by atoms with Crippen molar-refractivity contribution in [3.05, 3.63) is 29.3 Å². The van der Waals surface area contributed by atoms with Gasteiger partial charge >= 0.3 is 5.97 Å². The molecule has 0 radical (unpaired) electrons. The first-order chi connectivity index (χ1) is 10.2. The van der Waals surface area contributed by atoms with Gasteiger partial charge in [0.2, 0.25) is 5.91 Å². The van der Waals surface area contributed by atoms with Gasteiger partial charge < -0.3 is 15.4 Å². The normalized spacial score (nSPS) is 12.8. The van der Waals surface area contributed by atoms with Gasteiger partial charge in [0.25, 0.3) is 0 Å². The molecule has 1 aliphatic rings. The Balaban J connectivity index is 1.69. The standard InChI is InChI=1S/C16H22N2O3/c1-2-21-16(20)8-9-17-11-15(19)18-14-7-6-12-4-3-5-13(12)10-14/h6-7,10,17H,2-5,8-9,11H2,1H3,(H,18,19). The van der Waals surface area contributed by atoms with Gasteiger partial charge in [-0.05, 0) is 49.4 Å². The minimum atomic E-state index is -0.246. The van der Waals surface area contributed by atoms with E-state index in [1.54, 1.807) is 6.92 Å². The van der Waals surface area contributed by atoms with Gasteiger partial charge in [0, 0.05) is 12.2 Å². The molecule has 0 aliphatic heterocycles. The van der Waals surface area contributed by atoms with E-state index in [9.17, 15) is 9.59 Å². The Bertz CT molecular complexity index is 514. The molecular weight excluding hydrogens is 268 g/mol. The summed E-state index contributed by atoms with van der Waals surface area (Å²) in [5.74, 6) is -0.346. The van der Waals surface area contributed by atoms with E-state index in [4.69, 9.17) is 4.74 Å². The summed E-state index contributed by atoms with van der Waals surface area (Å²) in [6, 6.07) is 6.09. The monoisotopic (exact) mass is 290 g/mol. The molecule has 0 fully saturated rings. The molecule has 1 aromatic carbocycles. The second kappa shape index (κ2) is 7.78. The average Bonchev–Trinajstić information content (AvgIpc) is 2.91. The summed E-state index contributed by atoms with van der Waals surface area (Å²) in [7, 11) is 0. The third kappa shape index (κ3) is 4.86. The van der Waals surface area contributed by atoms with Crippen LogP contribution in [0.15, 0.2) is 18.2 Å². The van der Waals surface area contributed by atoms with Crippen molar-refractivity contribution >= 4 is 17.6 Å². The number of anilines is 1. The minimum absolute atomic E-state index is 0.100.